The molecule has 0 bridgehead atoms. The van der Waals surface area contributed by atoms with Crippen LogP contribution in [-0.4, -0.2) is 46.1 Å². The molecule has 0 aliphatic carbocycles. The Labute approximate surface area is 144 Å². The molecule has 0 radical (unpaired) electrons. The lowest BCUT2D eigenvalue weighted by molar-refractivity contribution is -0.139. The van der Waals surface area contributed by atoms with Crippen LogP contribution in [0, 0.1) is 0 Å². The Morgan fingerprint density at radius 1 is 0.800 bits per heavy atom. The molecule has 0 saturated heterocycles. The largest absolute Gasteiger partial charge is 0.508 e. The summed E-state index contributed by atoms with van der Waals surface area (Å²) in [7, 11) is 0. The van der Waals surface area contributed by atoms with Crippen LogP contribution in [0.25, 0.3) is 0 Å². The van der Waals surface area contributed by atoms with Crippen molar-refractivity contribution in [1.82, 2.24) is 0 Å². The smallest absolute Gasteiger partial charge is 0.303 e. The summed E-state index contributed by atoms with van der Waals surface area (Å²) in [5, 5.41) is 26.2. The summed E-state index contributed by atoms with van der Waals surface area (Å²) in [6.07, 6.45) is 0. The fourth-order valence-electron chi connectivity index (χ4n) is 1.64. The van der Waals surface area contributed by atoms with Crippen LogP contribution in [0.5, 0.6) is 11.5 Å². The number of Topliss-reactive ketones (excluding diaryl/α,β-unsaturated/α-hetero) is 2. The van der Waals surface area contributed by atoms with Crippen molar-refractivity contribution in [3.05, 3.63) is 59.7 Å². The van der Waals surface area contributed by atoms with E-state index in [9.17, 15) is 14.4 Å². The molecule has 7 heteroatoms. The van der Waals surface area contributed by atoms with Crippen molar-refractivity contribution in [3.63, 3.8) is 0 Å². The first kappa shape index (κ1) is 19.9. The molecule has 2 aromatic carbocycles. The van der Waals surface area contributed by atoms with Gasteiger partial charge in [-0.3, -0.25) is 14.4 Å². The van der Waals surface area contributed by atoms with Crippen molar-refractivity contribution in [2.24, 2.45) is 0 Å². The SMILES string of the molecule is CC(=O)OCC(=O)c1ccc(O)cc1.O=C(CO)c1ccc(O)cc1. The first-order valence-electron chi connectivity index (χ1n) is 7.22. The molecule has 0 heterocycles. The second-order valence-corrected chi connectivity index (χ2v) is 4.88. The standard InChI is InChI=1S/C10H10O4.C8H8O3/c1-7(11)14-6-10(13)8-2-4-9(12)5-3-8;9-5-8(11)6-1-3-7(10)4-2-6/h2-5,12H,6H2,1H3;1-4,9-10H,5H2. The number of rotatable bonds is 5. The summed E-state index contributed by atoms with van der Waals surface area (Å²) in [5.74, 6) is -0.921. The molecule has 0 aromatic heterocycles. The summed E-state index contributed by atoms with van der Waals surface area (Å²) in [5.41, 5.74) is 0.814. The van der Waals surface area contributed by atoms with Gasteiger partial charge < -0.3 is 20.1 Å². The van der Waals surface area contributed by atoms with Crippen LogP contribution in [0.1, 0.15) is 27.6 Å². The minimum Gasteiger partial charge on any atom is -0.508 e. The molecule has 0 unspecified atom stereocenters. The Morgan fingerprint density at radius 2 is 1.20 bits per heavy atom. The van der Waals surface area contributed by atoms with Gasteiger partial charge in [0.1, 0.15) is 18.1 Å². The fraction of sp³-hybridized carbons (Fsp3) is 0.167. The lowest BCUT2D eigenvalue weighted by atomic mass is 10.1. The van der Waals surface area contributed by atoms with Gasteiger partial charge in [-0.15, -0.1) is 0 Å². The molecule has 132 valence electrons. The molecule has 0 aliphatic rings. The van der Waals surface area contributed by atoms with Crippen molar-refractivity contribution < 1.29 is 34.4 Å². The van der Waals surface area contributed by atoms with Crippen LogP contribution in [0.2, 0.25) is 0 Å². The van der Waals surface area contributed by atoms with Gasteiger partial charge in [0, 0.05) is 18.1 Å². The van der Waals surface area contributed by atoms with E-state index < -0.39 is 12.6 Å². The summed E-state index contributed by atoms with van der Waals surface area (Å²) >= 11 is 0. The summed E-state index contributed by atoms with van der Waals surface area (Å²) < 4.78 is 4.54. The molecule has 0 amide bonds. The van der Waals surface area contributed by atoms with Crippen LogP contribution < -0.4 is 0 Å². The number of esters is 1. The van der Waals surface area contributed by atoms with E-state index in [4.69, 9.17) is 15.3 Å². The zero-order valence-corrected chi connectivity index (χ0v) is 13.5. The number of hydrogen-bond acceptors (Lipinski definition) is 7. The molecule has 0 atom stereocenters. The number of ether oxygens (including phenoxy) is 1. The zero-order chi connectivity index (χ0) is 18.8. The molecule has 25 heavy (non-hydrogen) atoms. The highest BCUT2D eigenvalue weighted by Gasteiger charge is 2.07. The summed E-state index contributed by atoms with van der Waals surface area (Å²) in [4.78, 5) is 32.5. The molecular formula is C18H18O7. The lowest BCUT2D eigenvalue weighted by Crippen LogP contribution is -2.11. The van der Waals surface area contributed by atoms with Gasteiger partial charge in [-0.05, 0) is 48.5 Å². The first-order valence-corrected chi connectivity index (χ1v) is 7.22. The second-order valence-electron chi connectivity index (χ2n) is 4.88. The van der Waals surface area contributed by atoms with Crippen LogP contribution in [0.4, 0.5) is 0 Å². The third-order valence-corrected chi connectivity index (χ3v) is 2.93. The maximum atomic E-state index is 11.3. The predicted molar refractivity (Wildman–Crippen MR) is 88.6 cm³/mol. The summed E-state index contributed by atoms with van der Waals surface area (Å²) in [6, 6.07) is 11.5. The van der Waals surface area contributed by atoms with Crippen molar-refractivity contribution in [2.75, 3.05) is 13.2 Å². The van der Waals surface area contributed by atoms with Crippen molar-refractivity contribution in [2.45, 2.75) is 6.92 Å². The number of carbonyl (C=O) groups excluding carboxylic acids is 3. The number of aliphatic hydroxyl groups excluding tert-OH is 1. The molecule has 7 nitrogen and oxygen atoms in total. The highest BCUT2D eigenvalue weighted by molar-refractivity contribution is 5.98. The van der Waals surface area contributed by atoms with Gasteiger partial charge in [0.15, 0.2) is 18.2 Å². The Morgan fingerprint density at radius 3 is 1.56 bits per heavy atom. The lowest BCUT2D eigenvalue weighted by Gasteiger charge is -2.01. The van der Waals surface area contributed by atoms with E-state index in [-0.39, 0.29) is 29.7 Å². The molecule has 2 rings (SSSR count). The number of ketones is 2. The van der Waals surface area contributed by atoms with Crippen LogP contribution in [0.3, 0.4) is 0 Å². The monoisotopic (exact) mass is 346 g/mol. The zero-order valence-electron chi connectivity index (χ0n) is 13.5. The molecule has 0 aliphatic heterocycles. The van der Waals surface area contributed by atoms with Gasteiger partial charge >= 0.3 is 5.97 Å². The normalized spacial score (nSPS) is 9.52. The van der Waals surface area contributed by atoms with E-state index in [0.29, 0.717) is 11.1 Å². The van der Waals surface area contributed by atoms with E-state index in [2.05, 4.69) is 4.74 Å². The minimum absolute atomic E-state index is 0.0917. The van der Waals surface area contributed by atoms with Gasteiger partial charge in [-0.1, -0.05) is 0 Å². The van der Waals surface area contributed by atoms with E-state index in [1.807, 2.05) is 0 Å². The van der Waals surface area contributed by atoms with E-state index in [0.717, 1.165) is 0 Å². The third-order valence-electron chi connectivity index (χ3n) is 2.93. The Kier molecular flexibility index (Phi) is 7.81. The number of phenolic OH excluding ortho intramolecular Hbond substituents is 2. The quantitative estimate of drug-likeness (QED) is 0.556. The molecule has 0 spiro atoms. The van der Waals surface area contributed by atoms with E-state index >= 15 is 0 Å². The topological polar surface area (TPSA) is 121 Å². The Hall–Kier alpha value is -3.19. The molecular weight excluding hydrogens is 328 g/mol. The van der Waals surface area contributed by atoms with Gasteiger partial charge in [0.05, 0.1) is 0 Å². The highest BCUT2D eigenvalue weighted by Crippen LogP contribution is 2.10. The van der Waals surface area contributed by atoms with Crippen molar-refractivity contribution in [3.8, 4) is 11.5 Å². The molecule has 0 saturated carbocycles. The maximum Gasteiger partial charge on any atom is 0.303 e. The van der Waals surface area contributed by atoms with Gasteiger partial charge in [0.25, 0.3) is 0 Å². The Bertz CT molecular complexity index is 718. The average molecular weight is 346 g/mol. The molecule has 0 fully saturated rings. The van der Waals surface area contributed by atoms with E-state index in [1.165, 1.54) is 55.5 Å². The maximum absolute atomic E-state index is 11.3. The fourth-order valence-corrected chi connectivity index (χ4v) is 1.64. The van der Waals surface area contributed by atoms with Crippen molar-refractivity contribution >= 4 is 17.5 Å². The molecule has 3 N–H and O–H groups in total. The summed E-state index contributed by atoms with van der Waals surface area (Å²) in [6.45, 7) is 0.481. The highest BCUT2D eigenvalue weighted by atomic mass is 16.5. The number of phenols is 2. The van der Waals surface area contributed by atoms with Gasteiger partial charge in [-0.2, -0.15) is 0 Å². The van der Waals surface area contributed by atoms with Gasteiger partial charge in [0.2, 0.25) is 0 Å². The third kappa shape index (κ3) is 7.28. The number of benzene rings is 2. The minimum atomic E-state index is -0.495. The second kappa shape index (κ2) is 9.84. The van der Waals surface area contributed by atoms with Crippen LogP contribution in [-0.2, 0) is 9.53 Å². The van der Waals surface area contributed by atoms with Crippen LogP contribution in [0.15, 0.2) is 48.5 Å². The van der Waals surface area contributed by atoms with Gasteiger partial charge in [-0.25, -0.2) is 0 Å². The number of hydrogen-bond donors (Lipinski definition) is 3. The van der Waals surface area contributed by atoms with Crippen LogP contribution >= 0.6 is 0 Å². The van der Waals surface area contributed by atoms with Crippen molar-refractivity contribution in [1.29, 1.82) is 0 Å². The Balaban J connectivity index is 0.000000257. The number of carbonyl (C=O) groups is 3. The number of aliphatic hydroxyl groups is 1. The first-order chi connectivity index (χ1) is 11.8. The van der Waals surface area contributed by atoms with E-state index in [1.54, 1.807) is 0 Å². The predicted octanol–water partition coefficient (Wildman–Crippen LogP) is 1.71. The molecule has 2 aromatic rings. The number of aromatic hydroxyl groups is 2. The average Bonchev–Trinajstić information content (AvgIpc) is 2.60.